The van der Waals surface area contributed by atoms with Crippen molar-refractivity contribution in [3.05, 3.63) is 29.1 Å². The van der Waals surface area contributed by atoms with Crippen molar-refractivity contribution in [2.45, 2.75) is 53.0 Å². The van der Waals surface area contributed by atoms with E-state index in [1.807, 2.05) is 13.0 Å². The summed E-state index contributed by atoms with van der Waals surface area (Å²) in [6.45, 7) is 10.2. The topological polar surface area (TPSA) is 15.3 Å². The van der Waals surface area contributed by atoms with Crippen LogP contribution in [0.2, 0.25) is 0 Å². The minimum atomic E-state index is -0.113. The van der Waals surface area contributed by atoms with Crippen molar-refractivity contribution in [3.8, 4) is 0 Å². The van der Waals surface area contributed by atoms with Gasteiger partial charge in [-0.2, -0.15) is 0 Å². The highest BCUT2D eigenvalue weighted by molar-refractivity contribution is 5.56. The lowest BCUT2D eigenvalue weighted by Crippen LogP contribution is -2.25. The molecule has 0 saturated heterocycles. The first kappa shape index (κ1) is 17.0. The quantitative estimate of drug-likeness (QED) is 0.757. The van der Waals surface area contributed by atoms with Gasteiger partial charge in [-0.05, 0) is 56.5 Å². The van der Waals surface area contributed by atoms with Crippen molar-refractivity contribution in [3.63, 3.8) is 0 Å². The first-order valence-electron chi connectivity index (χ1n) is 7.75. The van der Waals surface area contributed by atoms with Gasteiger partial charge in [0.2, 0.25) is 0 Å². The molecule has 0 spiro atoms. The van der Waals surface area contributed by atoms with E-state index in [-0.39, 0.29) is 11.9 Å². The van der Waals surface area contributed by atoms with E-state index in [0.717, 1.165) is 42.7 Å². The summed E-state index contributed by atoms with van der Waals surface area (Å²) in [4.78, 5) is 2.25. The second kappa shape index (κ2) is 8.25. The third-order valence-corrected chi connectivity index (χ3v) is 3.73. The van der Waals surface area contributed by atoms with Gasteiger partial charge >= 0.3 is 0 Å². The predicted molar refractivity (Wildman–Crippen MR) is 86.0 cm³/mol. The summed E-state index contributed by atoms with van der Waals surface area (Å²) in [5.74, 6) is -0.113. The van der Waals surface area contributed by atoms with E-state index in [4.69, 9.17) is 0 Å². The molecule has 0 heterocycles. The molecule has 1 unspecified atom stereocenters. The Balaban J connectivity index is 3.03. The van der Waals surface area contributed by atoms with Gasteiger partial charge in [0.25, 0.3) is 0 Å². The largest absolute Gasteiger partial charge is 0.374 e. The van der Waals surface area contributed by atoms with Crippen LogP contribution >= 0.6 is 0 Å². The van der Waals surface area contributed by atoms with Crippen molar-refractivity contribution in [1.82, 2.24) is 5.32 Å². The number of unbranched alkanes of at least 4 members (excludes halogenated alkanes) is 1. The maximum Gasteiger partial charge on any atom is 0.126 e. The number of nitrogens with zero attached hydrogens (tertiary/aromatic N) is 1. The van der Waals surface area contributed by atoms with E-state index in [0.29, 0.717) is 0 Å². The van der Waals surface area contributed by atoms with Crippen molar-refractivity contribution >= 4 is 5.69 Å². The summed E-state index contributed by atoms with van der Waals surface area (Å²) in [6.07, 6.45) is 3.41. The number of hydrogen-bond acceptors (Lipinski definition) is 2. The molecule has 1 aromatic carbocycles. The minimum absolute atomic E-state index is 0.113. The molecule has 0 radical (unpaired) electrons. The van der Waals surface area contributed by atoms with Gasteiger partial charge in [-0.15, -0.1) is 0 Å². The third-order valence-electron chi connectivity index (χ3n) is 3.73. The SMILES string of the molecule is CCCCN(C)c1cc(C)c(F)cc1C(C)NCCC. The molecule has 0 fully saturated rings. The molecule has 2 nitrogen and oxygen atoms in total. The molecule has 0 bridgehead atoms. The zero-order valence-electron chi connectivity index (χ0n) is 13.6. The lowest BCUT2D eigenvalue weighted by atomic mass is 10.0. The van der Waals surface area contributed by atoms with Crippen LogP contribution < -0.4 is 10.2 Å². The summed E-state index contributed by atoms with van der Waals surface area (Å²) in [6, 6.07) is 3.84. The summed E-state index contributed by atoms with van der Waals surface area (Å²) in [5.41, 5.74) is 2.92. The smallest absolute Gasteiger partial charge is 0.126 e. The normalized spacial score (nSPS) is 12.5. The van der Waals surface area contributed by atoms with Crippen molar-refractivity contribution in [1.29, 1.82) is 0 Å². The monoisotopic (exact) mass is 280 g/mol. The minimum Gasteiger partial charge on any atom is -0.374 e. The highest BCUT2D eigenvalue weighted by atomic mass is 19.1. The molecule has 1 N–H and O–H groups in total. The maximum atomic E-state index is 13.9. The zero-order chi connectivity index (χ0) is 15.1. The van der Waals surface area contributed by atoms with Gasteiger partial charge in [-0.3, -0.25) is 0 Å². The molecular weight excluding hydrogens is 251 g/mol. The Kier molecular flexibility index (Phi) is 7.00. The van der Waals surface area contributed by atoms with Crippen LogP contribution in [0.5, 0.6) is 0 Å². The van der Waals surface area contributed by atoms with Crippen molar-refractivity contribution in [2.24, 2.45) is 0 Å². The van der Waals surface area contributed by atoms with Crippen LogP contribution in [-0.2, 0) is 0 Å². The number of rotatable bonds is 8. The number of halogens is 1. The number of aryl methyl sites for hydroxylation is 1. The van der Waals surface area contributed by atoms with Crippen molar-refractivity contribution < 1.29 is 4.39 Å². The molecule has 0 aliphatic heterocycles. The number of hydrogen-bond donors (Lipinski definition) is 1. The summed E-state index contributed by atoms with van der Waals surface area (Å²) >= 11 is 0. The fraction of sp³-hybridized carbons (Fsp3) is 0.647. The molecular formula is C17H29FN2. The Hall–Kier alpha value is -1.09. The molecule has 1 rings (SSSR count). The molecule has 0 amide bonds. The fourth-order valence-corrected chi connectivity index (χ4v) is 2.35. The van der Waals surface area contributed by atoms with E-state index in [1.54, 1.807) is 6.07 Å². The van der Waals surface area contributed by atoms with Crippen LogP contribution in [0.15, 0.2) is 12.1 Å². The maximum absolute atomic E-state index is 13.9. The average Bonchev–Trinajstić information content (AvgIpc) is 2.44. The van der Waals surface area contributed by atoms with E-state index < -0.39 is 0 Å². The van der Waals surface area contributed by atoms with Gasteiger partial charge < -0.3 is 10.2 Å². The van der Waals surface area contributed by atoms with E-state index in [2.05, 4.69) is 38.0 Å². The molecule has 0 aliphatic carbocycles. The van der Waals surface area contributed by atoms with Gasteiger partial charge in [0, 0.05) is 25.3 Å². The standard InChI is InChI=1S/C17H29FN2/c1-6-8-10-20(5)17-11-13(3)16(18)12-15(17)14(4)19-9-7-2/h11-12,14,19H,6-10H2,1-5H3. The first-order chi connectivity index (χ1) is 9.51. The van der Waals surface area contributed by atoms with Crippen LogP contribution in [0.25, 0.3) is 0 Å². The Morgan fingerprint density at radius 1 is 1.25 bits per heavy atom. The highest BCUT2D eigenvalue weighted by Crippen LogP contribution is 2.29. The van der Waals surface area contributed by atoms with Crippen LogP contribution in [-0.4, -0.2) is 20.1 Å². The number of nitrogens with one attached hydrogen (secondary N) is 1. The lowest BCUT2D eigenvalue weighted by molar-refractivity contribution is 0.559. The van der Waals surface area contributed by atoms with Crippen LogP contribution in [0.1, 0.15) is 57.2 Å². The average molecular weight is 280 g/mol. The lowest BCUT2D eigenvalue weighted by Gasteiger charge is -2.26. The van der Waals surface area contributed by atoms with E-state index >= 15 is 0 Å². The molecule has 0 aliphatic rings. The van der Waals surface area contributed by atoms with Gasteiger partial charge in [-0.25, -0.2) is 4.39 Å². The Bertz CT molecular complexity index is 379. The van der Waals surface area contributed by atoms with Crippen LogP contribution in [0.3, 0.4) is 0 Å². The van der Waals surface area contributed by atoms with E-state index in [1.165, 1.54) is 6.42 Å². The molecule has 0 aromatic heterocycles. The fourth-order valence-electron chi connectivity index (χ4n) is 2.35. The van der Waals surface area contributed by atoms with E-state index in [9.17, 15) is 4.39 Å². The highest BCUT2D eigenvalue weighted by Gasteiger charge is 2.15. The number of anilines is 1. The van der Waals surface area contributed by atoms with Gasteiger partial charge in [-0.1, -0.05) is 20.3 Å². The predicted octanol–water partition coefficient (Wildman–Crippen LogP) is 4.43. The second-order valence-corrected chi connectivity index (χ2v) is 5.61. The van der Waals surface area contributed by atoms with Gasteiger partial charge in [0.05, 0.1) is 0 Å². The van der Waals surface area contributed by atoms with Crippen LogP contribution in [0, 0.1) is 12.7 Å². The molecule has 0 saturated carbocycles. The first-order valence-corrected chi connectivity index (χ1v) is 7.75. The van der Waals surface area contributed by atoms with Crippen LogP contribution in [0.4, 0.5) is 10.1 Å². The Morgan fingerprint density at radius 3 is 2.55 bits per heavy atom. The molecule has 1 aromatic rings. The molecule has 3 heteroatoms. The summed E-state index contributed by atoms with van der Waals surface area (Å²) < 4.78 is 13.9. The van der Waals surface area contributed by atoms with Gasteiger partial charge in [0.15, 0.2) is 0 Å². The molecule has 20 heavy (non-hydrogen) atoms. The Labute approximate surface area is 123 Å². The third kappa shape index (κ3) is 4.48. The zero-order valence-corrected chi connectivity index (χ0v) is 13.6. The summed E-state index contributed by atoms with van der Waals surface area (Å²) in [5, 5.41) is 3.45. The Morgan fingerprint density at radius 2 is 1.95 bits per heavy atom. The number of benzene rings is 1. The molecule has 114 valence electrons. The summed E-state index contributed by atoms with van der Waals surface area (Å²) in [7, 11) is 2.10. The van der Waals surface area contributed by atoms with Gasteiger partial charge in [0.1, 0.15) is 5.82 Å². The van der Waals surface area contributed by atoms with Crippen molar-refractivity contribution in [2.75, 3.05) is 25.0 Å². The molecule has 1 atom stereocenters. The second-order valence-electron chi connectivity index (χ2n) is 5.61.